The van der Waals surface area contributed by atoms with Gasteiger partial charge in [0, 0.05) is 23.8 Å². The maximum Gasteiger partial charge on any atom is 0.147 e. The van der Waals surface area contributed by atoms with Crippen molar-refractivity contribution in [3.8, 4) is 0 Å². The summed E-state index contributed by atoms with van der Waals surface area (Å²) in [5.74, 6) is 6.46. The molecule has 0 saturated carbocycles. The van der Waals surface area contributed by atoms with Crippen molar-refractivity contribution in [1.82, 2.24) is 5.43 Å². The Morgan fingerprint density at radius 1 is 1.54 bits per heavy atom. The lowest BCUT2D eigenvalue weighted by atomic mass is 10.2. The molecule has 1 unspecified atom stereocenters. The minimum Gasteiger partial charge on any atom is -0.271 e. The highest BCUT2D eigenvalue weighted by Crippen LogP contribution is 2.04. The lowest BCUT2D eigenvalue weighted by molar-refractivity contribution is 0.529. The normalized spacial score (nSPS) is 14.4. The lowest BCUT2D eigenvalue weighted by Crippen LogP contribution is -2.37. The number of nitrogens with one attached hydrogen (secondary N) is 1. The molecule has 6 heteroatoms. The van der Waals surface area contributed by atoms with Gasteiger partial charge in [0.05, 0.1) is 0 Å². The van der Waals surface area contributed by atoms with Crippen molar-refractivity contribution in [3.63, 3.8) is 0 Å². The Morgan fingerprint density at radius 2 is 2.15 bits per heavy atom. The van der Waals surface area contributed by atoms with Gasteiger partial charge in [-0.05, 0) is 19.1 Å². The molecular formula is C7H18N2O2S2. The fourth-order valence-electron chi connectivity index (χ4n) is 1.01. The van der Waals surface area contributed by atoms with E-state index in [4.69, 9.17) is 5.84 Å². The van der Waals surface area contributed by atoms with Crippen LogP contribution >= 0.6 is 11.8 Å². The Morgan fingerprint density at radius 3 is 2.54 bits per heavy atom. The van der Waals surface area contributed by atoms with Crippen LogP contribution in [0.5, 0.6) is 0 Å². The lowest BCUT2D eigenvalue weighted by Gasteiger charge is -2.13. The Hall–Kier alpha value is 0.220. The van der Waals surface area contributed by atoms with Crippen LogP contribution in [-0.4, -0.2) is 38.5 Å². The molecule has 0 fully saturated rings. The molecule has 0 heterocycles. The molecule has 0 rings (SSSR count). The number of sulfone groups is 1. The van der Waals surface area contributed by atoms with Crippen LogP contribution in [0.4, 0.5) is 0 Å². The van der Waals surface area contributed by atoms with Gasteiger partial charge in [0.2, 0.25) is 0 Å². The topological polar surface area (TPSA) is 72.2 Å². The second-order valence-electron chi connectivity index (χ2n) is 3.09. The van der Waals surface area contributed by atoms with Crippen molar-refractivity contribution in [2.45, 2.75) is 18.9 Å². The summed E-state index contributed by atoms with van der Waals surface area (Å²) in [6, 6.07) is 0.219. The predicted octanol–water partition coefficient (Wildman–Crippen LogP) is 0.00610. The van der Waals surface area contributed by atoms with Crippen molar-refractivity contribution in [2.75, 3.05) is 24.0 Å². The van der Waals surface area contributed by atoms with E-state index in [0.29, 0.717) is 6.42 Å². The first-order valence-electron chi connectivity index (χ1n) is 4.12. The van der Waals surface area contributed by atoms with Gasteiger partial charge >= 0.3 is 0 Å². The van der Waals surface area contributed by atoms with Gasteiger partial charge in [0.25, 0.3) is 0 Å². The van der Waals surface area contributed by atoms with Gasteiger partial charge < -0.3 is 0 Å². The fraction of sp³-hybridized carbons (Fsp3) is 1.00. The minimum absolute atomic E-state index is 0.219. The van der Waals surface area contributed by atoms with Gasteiger partial charge in [0.15, 0.2) is 0 Å². The summed E-state index contributed by atoms with van der Waals surface area (Å²) in [7, 11) is -2.82. The number of nitrogens with two attached hydrogens (primary N) is 1. The van der Waals surface area contributed by atoms with E-state index in [1.807, 2.05) is 6.26 Å². The van der Waals surface area contributed by atoms with Crippen LogP contribution in [0, 0.1) is 0 Å². The monoisotopic (exact) mass is 226 g/mol. The zero-order chi connectivity index (χ0) is 10.3. The van der Waals surface area contributed by atoms with Gasteiger partial charge in [-0.3, -0.25) is 11.3 Å². The quantitative estimate of drug-likeness (QED) is 0.472. The first-order valence-corrected chi connectivity index (χ1v) is 7.58. The van der Waals surface area contributed by atoms with Gasteiger partial charge in [0.1, 0.15) is 9.84 Å². The molecule has 0 aliphatic rings. The second kappa shape index (κ2) is 6.64. The van der Waals surface area contributed by atoms with E-state index in [1.54, 1.807) is 11.8 Å². The predicted molar refractivity (Wildman–Crippen MR) is 58.4 cm³/mol. The first kappa shape index (κ1) is 13.2. The minimum atomic E-state index is -2.82. The molecule has 1 atom stereocenters. The average Bonchev–Trinajstić information content (AvgIpc) is 2.01. The Labute approximate surface area is 84.5 Å². The van der Waals surface area contributed by atoms with E-state index >= 15 is 0 Å². The SMILES string of the molecule is CSCC(CCCS(C)(=O)=O)NN. The van der Waals surface area contributed by atoms with Gasteiger partial charge in [-0.15, -0.1) is 0 Å². The summed E-state index contributed by atoms with van der Waals surface area (Å²) < 4.78 is 21.6. The van der Waals surface area contributed by atoms with Crippen molar-refractivity contribution in [2.24, 2.45) is 5.84 Å². The number of thioether (sulfide) groups is 1. The molecule has 0 aromatic heterocycles. The van der Waals surface area contributed by atoms with Crippen LogP contribution in [0.25, 0.3) is 0 Å². The molecule has 0 amide bonds. The molecule has 0 saturated heterocycles. The highest BCUT2D eigenvalue weighted by atomic mass is 32.2. The molecule has 13 heavy (non-hydrogen) atoms. The molecule has 4 nitrogen and oxygen atoms in total. The molecule has 0 radical (unpaired) electrons. The molecule has 0 spiro atoms. The van der Waals surface area contributed by atoms with Gasteiger partial charge in [-0.25, -0.2) is 8.42 Å². The molecular weight excluding hydrogens is 208 g/mol. The maximum atomic E-state index is 10.8. The van der Waals surface area contributed by atoms with E-state index in [0.717, 1.165) is 12.2 Å². The van der Waals surface area contributed by atoms with Gasteiger partial charge in [-0.1, -0.05) is 0 Å². The van der Waals surface area contributed by atoms with E-state index < -0.39 is 9.84 Å². The summed E-state index contributed by atoms with van der Waals surface area (Å²) in [5.41, 5.74) is 2.67. The average molecular weight is 226 g/mol. The third-order valence-electron chi connectivity index (χ3n) is 1.67. The third-order valence-corrected chi connectivity index (χ3v) is 3.44. The van der Waals surface area contributed by atoms with Crippen LogP contribution in [0.1, 0.15) is 12.8 Å². The fourth-order valence-corrected chi connectivity index (χ4v) is 2.36. The molecule has 0 bridgehead atoms. The smallest absolute Gasteiger partial charge is 0.147 e. The van der Waals surface area contributed by atoms with Crippen molar-refractivity contribution in [1.29, 1.82) is 0 Å². The van der Waals surface area contributed by atoms with Crippen molar-refractivity contribution < 1.29 is 8.42 Å². The Kier molecular flexibility index (Phi) is 6.75. The summed E-state index contributed by atoms with van der Waals surface area (Å²) in [6.45, 7) is 0. The molecule has 0 aromatic rings. The Balaban J connectivity index is 3.61. The summed E-state index contributed by atoms with van der Waals surface area (Å²) >= 11 is 1.70. The van der Waals surface area contributed by atoms with E-state index in [9.17, 15) is 8.42 Å². The maximum absolute atomic E-state index is 10.8. The first-order chi connectivity index (χ1) is 5.99. The zero-order valence-electron chi connectivity index (χ0n) is 8.12. The third kappa shape index (κ3) is 8.55. The molecule has 0 aromatic carbocycles. The highest BCUT2D eigenvalue weighted by Gasteiger charge is 2.07. The van der Waals surface area contributed by atoms with E-state index in [1.165, 1.54) is 6.26 Å². The Bertz CT molecular complexity index is 217. The molecule has 3 N–H and O–H groups in total. The molecule has 80 valence electrons. The van der Waals surface area contributed by atoms with E-state index in [2.05, 4.69) is 5.43 Å². The standard InChI is InChI=1S/C7H18N2O2S2/c1-12-6-7(9-8)4-3-5-13(2,10)11/h7,9H,3-6,8H2,1-2H3. The largest absolute Gasteiger partial charge is 0.271 e. The summed E-state index contributed by atoms with van der Waals surface area (Å²) in [5, 5.41) is 0. The van der Waals surface area contributed by atoms with Gasteiger partial charge in [-0.2, -0.15) is 11.8 Å². The molecule has 0 aliphatic heterocycles. The van der Waals surface area contributed by atoms with Crippen LogP contribution in [-0.2, 0) is 9.84 Å². The van der Waals surface area contributed by atoms with Crippen molar-refractivity contribution >= 4 is 21.6 Å². The highest BCUT2D eigenvalue weighted by molar-refractivity contribution is 7.98. The van der Waals surface area contributed by atoms with Crippen molar-refractivity contribution in [3.05, 3.63) is 0 Å². The number of hydrogen-bond acceptors (Lipinski definition) is 5. The molecule has 0 aliphatic carbocycles. The van der Waals surface area contributed by atoms with Crippen LogP contribution in [0.3, 0.4) is 0 Å². The summed E-state index contributed by atoms with van der Waals surface area (Å²) in [6.07, 6.45) is 4.74. The zero-order valence-corrected chi connectivity index (χ0v) is 9.75. The number of hydrazine groups is 1. The van der Waals surface area contributed by atoms with Crippen LogP contribution < -0.4 is 11.3 Å². The van der Waals surface area contributed by atoms with Crippen LogP contribution in [0.2, 0.25) is 0 Å². The van der Waals surface area contributed by atoms with Crippen LogP contribution in [0.15, 0.2) is 0 Å². The van der Waals surface area contributed by atoms with E-state index in [-0.39, 0.29) is 11.8 Å². The summed E-state index contributed by atoms with van der Waals surface area (Å²) in [4.78, 5) is 0. The number of rotatable bonds is 7. The number of hydrogen-bond donors (Lipinski definition) is 2. The second-order valence-corrected chi connectivity index (χ2v) is 6.26.